The molecule has 19 heavy (non-hydrogen) atoms. The lowest BCUT2D eigenvalue weighted by atomic mass is 10.1. The molecule has 0 spiro atoms. The summed E-state index contributed by atoms with van der Waals surface area (Å²) in [5.41, 5.74) is 1.68. The first-order chi connectivity index (χ1) is 9.06. The fraction of sp³-hybridized carbons (Fsp3) is 0.0714. The van der Waals surface area contributed by atoms with Crippen molar-refractivity contribution in [1.82, 2.24) is 0 Å². The Hall–Kier alpha value is -1.88. The zero-order valence-electron chi connectivity index (χ0n) is 9.86. The van der Waals surface area contributed by atoms with E-state index in [0.29, 0.717) is 12.2 Å². The Labute approximate surface area is 118 Å². The molecular weight excluding hydrogens is 313 g/mol. The molecule has 2 N–H and O–H groups in total. The Kier molecular flexibility index (Phi) is 4.16. The molecule has 2 rings (SSSR count). The Morgan fingerprint density at radius 2 is 2.05 bits per heavy atom. The third kappa shape index (κ3) is 3.54. The molecule has 2 aromatic carbocycles. The van der Waals surface area contributed by atoms with Gasteiger partial charge in [0.1, 0.15) is 5.82 Å². The zero-order chi connectivity index (χ0) is 13.8. The lowest BCUT2D eigenvalue weighted by Crippen LogP contribution is -2.03. The van der Waals surface area contributed by atoms with E-state index in [9.17, 15) is 9.18 Å². The Balaban J connectivity index is 2.12. The molecule has 98 valence electrons. The molecule has 0 bridgehead atoms. The van der Waals surface area contributed by atoms with Gasteiger partial charge in [-0.05, 0) is 51.8 Å². The highest BCUT2D eigenvalue weighted by Gasteiger charge is 2.04. The van der Waals surface area contributed by atoms with Crippen LogP contribution in [0.15, 0.2) is 46.9 Å². The number of halogens is 2. The Morgan fingerprint density at radius 3 is 2.79 bits per heavy atom. The summed E-state index contributed by atoms with van der Waals surface area (Å²) < 4.78 is 13.9. The van der Waals surface area contributed by atoms with Gasteiger partial charge in [0.25, 0.3) is 0 Å². The number of nitrogens with one attached hydrogen (secondary N) is 1. The molecule has 0 aromatic heterocycles. The van der Waals surface area contributed by atoms with Gasteiger partial charge in [0, 0.05) is 11.0 Å². The van der Waals surface area contributed by atoms with Crippen molar-refractivity contribution in [2.24, 2.45) is 0 Å². The van der Waals surface area contributed by atoms with Crippen molar-refractivity contribution in [1.29, 1.82) is 0 Å². The highest BCUT2D eigenvalue weighted by Crippen LogP contribution is 2.23. The van der Waals surface area contributed by atoms with Gasteiger partial charge in [0.2, 0.25) is 0 Å². The van der Waals surface area contributed by atoms with Crippen LogP contribution < -0.4 is 5.32 Å². The zero-order valence-corrected chi connectivity index (χ0v) is 11.4. The molecular formula is C14H11BrFNO2. The second kappa shape index (κ2) is 5.84. The summed E-state index contributed by atoms with van der Waals surface area (Å²) in [6.07, 6.45) is 0. The van der Waals surface area contributed by atoms with Crippen molar-refractivity contribution in [3.63, 3.8) is 0 Å². The van der Waals surface area contributed by atoms with Gasteiger partial charge in [-0.15, -0.1) is 0 Å². The highest BCUT2D eigenvalue weighted by atomic mass is 79.9. The molecule has 0 aliphatic carbocycles. The summed E-state index contributed by atoms with van der Waals surface area (Å²) >= 11 is 3.32. The summed E-state index contributed by atoms with van der Waals surface area (Å²) in [6.45, 7) is 0.420. The standard InChI is InChI=1S/C14H11BrFNO2/c15-12-5-4-11(16)7-13(12)17-8-9-2-1-3-10(6-9)14(18)19/h1-7,17H,8H2,(H,18,19). The van der Waals surface area contributed by atoms with Crippen molar-refractivity contribution in [3.8, 4) is 0 Å². The molecule has 5 heteroatoms. The monoisotopic (exact) mass is 323 g/mol. The van der Waals surface area contributed by atoms with E-state index in [1.54, 1.807) is 18.2 Å². The van der Waals surface area contributed by atoms with Crippen LogP contribution in [0.2, 0.25) is 0 Å². The molecule has 0 aliphatic rings. The van der Waals surface area contributed by atoms with Gasteiger partial charge in [0.15, 0.2) is 0 Å². The summed E-state index contributed by atoms with van der Waals surface area (Å²) in [5, 5.41) is 12.0. The summed E-state index contributed by atoms with van der Waals surface area (Å²) in [6, 6.07) is 11.0. The molecule has 0 unspecified atom stereocenters. The first-order valence-corrected chi connectivity index (χ1v) is 6.37. The van der Waals surface area contributed by atoms with Crippen LogP contribution in [0.25, 0.3) is 0 Å². The maximum Gasteiger partial charge on any atom is 0.335 e. The predicted molar refractivity (Wildman–Crippen MR) is 74.8 cm³/mol. The van der Waals surface area contributed by atoms with Crippen LogP contribution in [0, 0.1) is 5.82 Å². The maximum absolute atomic E-state index is 13.1. The van der Waals surface area contributed by atoms with Crippen LogP contribution in [0.1, 0.15) is 15.9 Å². The minimum absolute atomic E-state index is 0.234. The Morgan fingerprint density at radius 1 is 1.26 bits per heavy atom. The fourth-order valence-corrected chi connectivity index (χ4v) is 2.03. The Bertz CT molecular complexity index is 616. The number of anilines is 1. The SMILES string of the molecule is O=C(O)c1cccc(CNc2cc(F)ccc2Br)c1. The molecule has 2 aromatic rings. The van der Waals surface area contributed by atoms with Crippen molar-refractivity contribution in [3.05, 3.63) is 63.9 Å². The van der Waals surface area contributed by atoms with Crippen molar-refractivity contribution in [2.45, 2.75) is 6.54 Å². The van der Waals surface area contributed by atoms with E-state index < -0.39 is 5.97 Å². The minimum atomic E-state index is -0.964. The normalized spacial score (nSPS) is 10.2. The average molecular weight is 324 g/mol. The lowest BCUT2D eigenvalue weighted by Gasteiger charge is -2.09. The van der Waals surface area contributed by atoms with Gasteiger partial charge >= 0.3 is 5.97 Å². The maximum atomic E-state index is 13.1. The second-order valence-corrected chi connectivity index (χ2v) is 4.84. The van der Waals surface area contributed by atoms with Crippen LogP contribution in [0.4, 0.5) is 10.1 Å². The van der Waals surface area contributed by atoms with Crippen molar-refractivity contribution >= 4 is 27.6 Å². The van der Waals surface area contributed by atoms with E-state index in [4.69, 9.17) is 5.11 Å². The predicted octanol–water partition coefficient (Wildman–Crippen LogP) is 3.90. The van der Waals surface area contributed by atoms with Gasteiger partial charge in [-0.25, -0.2) is 9.18 Å². The van der Waals surface area contributed by atoms with Gasteiger partial charge in [-0.1, -0.05) is 12.1 Å². The molecule has 3 nitrogen and oxygen atoms in total. The molecule has 0 saturated heterocycles. The number of carbonyl (C=O) groups is 1. The smallest absolute Gasteiger partial charge is 0.335 e. The molecule has 0 heterocycles. The quantitative estimate of drug-likeness (QED) is 0.897. The van der Waals surface area contributed by atoms with E-state index >= 15 is 0 Å². The van der Waals surface area contributed by atoms with Gasteiger partial charge < -0.3 is 10.4 Å². The summed E-state index contributed by atoms with van der Waals surface area (Å²) in [4.78, 5) is 10.8. The highest BCUT2D eigenvalue weighted by molar-refractivity contribution is 9.10. The van der Waals surface area contributed by atoms with E-state index in [0.717, 1.165) is 10.0 Å². The number of rotatable bonds is 4. The second-order valence-electron chi connectivity index (χ2n) is 3.98. The van der Waals surface area contributed by atoms with Crippen LogP contribution in [0.3, 0.4) is 0 Å². The average Bonchev–Trinajstić information content (AvgIpc) is 2.40. The third-order valence-electron chi connectivity index (χ3n) is 2.59. The van der Waals surface area contributed by atoms with Gasteiger partial charge in [-0.2, -0.15) is 0 Å². The number of carboxylic acids is 1. The first kappa shape index (κ1) is 13.5. The summed E-state index contributed by atoms with van der Waals surface area (Å²) in [5.74, 6) is -1.29. The molecule has 0 aliphatic heterocycles. The number of hydrogen-bond donors (Lipinski definition) is 2. The van der Waals surface area contributed by atoms with E-state index in [1.807, 2.05) is 6.07 Å². The molecule has 0 amide bonds. The number of aromatic carboxylic acids is 1. The van der Waals surface area contributed by atoms with Crippen LogP contribution in [0.5, 0.6) is 0 Å². The van der Waals surface area contributed by atoms with E-state index in [-0.39, 0.29) is 11.4 Å². The molecule has 0 atom stereocenters. The molecule has 0 fully saturated rings. The fourth-order valence-electron chi connectivity index (χ4n) is 1.64. The lowest BCUT2D eigenvalue weighted by molar-refractivity contribution is 0.0697. The van der Waals surface area contributed by atoms with Crippen molar-refractivity contribution < 1.29 is 14.3 Å². The number of carboxylic acid groups (broad SMARTS) is 1. The van der Waals surface area contributed by atoms with Crippen LogP contribution >= 0.6 is 15.9 Å². The largest absolute Gasteiger partial charge is 0.478 e. The third-order valence-corrected chi connectivity index (χ3v) is 3.28. The topological polar surface area (TPSA) is 49.3 Å². The van der Waals surface area contributed by atoms with Crippen LogP contribution in [-0.4, -0.2) is 11.1 Å². The number of hydrogen-bond acceptors (Lipinski definition) is 2. The molecule has 0 saturated carbocycles. The summed E-state index contributed by atoms with van der Waals surface area (Å²) in [7, 11) is 0. The van der Waals surface area contributed by atoms with E-state index in [1.165, 1.54) is 18.2 Å². The van der Waals surface area contributed by atoms with Crippen molar-refractivity contribution in [2.75, 3.05) is 5.32 Å². The van der Waals surface area contributed by atoms with E-state index in [2.05, 4.69) is 21.2 Å². The first-order valence-electron chi connectivity index (χ1n) is 5.57. The minimum Gasteiger partial charge on any atom is -0.478 e. The van der Waals surface area contributed by atoms with Gasteiger partial charge in [-0.3, -0.25) is 0 Å². The van der Waals surface area contributed by atoms with Crippen LogP contribution in [-0.2, 0) is 6.54 Å². The van der Waals surface area contributed by atoms with Gasteiger partial charge in [0.05, 0.1) is 11.3 Å². The number of benzene rings is 2. The molecule has 0 radical (unpaired) electrons.